The number of nitrogens with one attached hydrogen (secondary N) is 1. The van der Waals surface area contributed by atoms with E-state index in [0.29, 0.717) is 30.1 Å². The van der Waals surface area contributed by atoms with Crippen LogP contribution in [-0.2, 0) is 6.54 Å². The highest BCUT2D eigenvalue weighted by Gasteiger charge is 2.32. The third kappa shape index (κ3) is 3.79. The summed E-state index contributed by atoms with van der Waals surface area (Å²) in [5.41, 5.74) is 4.93. The molecule has 2 amide bonds. The number of nitrogens with zero attached hydrogens (tertiary/aromatic N) is 1. The predicted octanol–water partition coefficient (Wildman–Crippen LogP) is 4.90. The van der Waals surface area contributed by atoms with E-state index in [1.165, 1.54) is 0 Å². The van der Waals surface area contributed by atoms with Crippen LogP contribution in [0, 0.1) is 5.92 Å². The second-order valence-corrected chi connectivity index (χ2v) is 7.75. The van der Waals surface area contributed by atoms with Gasteiger partial charge in [-0.2, -0.15) is 0 Å². The van der Waals surface area contributed by atoms with Gasteiger partial charge in [0.2, 0.25) is 0 Å². The van der Waals surface area contributed by atoms with Gasteiger partial charge in [-0.15, -0.1) is 0 Å². The minimum Gasteiger partial charge on any atom is -0.352 e. The molecule has 1 N–H and O–H groups in total. The summed E-state index contributed by atoms with van der Waals surface area (Å²) in [7, 11) is 0. The summed E-state index contributed by atoms with van der Waals surface area (Å²) in [4.78, 5) is 27.5. The molecule has 1 heterocycles. The first-order valence-corrected chi connectivity index (χ1v) is 9.92. The standard InChI is InChI=1S/C25H24N2O2/c1-17(2)15-26-24(28)22-10-6-9-20-16-27(25(29)23(20)22)21-13-11-19(12-14-21)18-7-4-3-5-8-18/h3-14,17H,15-16H2,1-2H3,(H,26,28). The number of hydrogen-bond acceptors (Lipinski definition) is 2. The van der Waals surface area contributed by atoms with Crippen molar-refractivity contribution >= 4 is 17.5 Å². The molecule has 1 aliphatic rings. The van der Waals surface area contributed by atoms with Gasteiger partial charge in [-0.1, -0.05) is 68.4 Å². The number of amides is 2. The minimum atomic E-state index is -0.190. The van der Waals surface area contributed by atoms with E-state index in [-0.39, 0.29) is 11.8 Å². The van der Waals surface area contributed by atoms with Crippen molar-refractivity contribution in [2.45, 2.75) is 20.4 Å². The number of fused-ring (bicyclic) bond motifs is 1. The first-order chi connectivity index (χ1) is 14.0. The SMILES string of the molecule is CC(C)CNC(=O)c1cccc2c1C(=O)N(c1ccc(-c3ccccc3)cc1)C2. The highest BCUT2D eigenvalue weighted by Crippen LogP contribution is 2.32. The maximum atomic E-state index is 13.2. The molecule has 146 valence electrons. The van der Waals surface area contributed by atoms with Gasteiger partial charge in [0.05, 0.1) is 17.7 Å². The smallest absolute Gasteiger partial charge is 0.259 e. The summed E-state index contributed by atoms with van der Waals surface area (Å²) in [5.74, 6) is 0.0407. The number of rotatable bonds is 5. The molecule has 0 fully saturated rings. The second-order valence-electron chi connectivity index (χ2n) is 7.75. The van der Waals surface area contributed by atoms with Crippen molar-refractivity contribution in [1.82, 2.24) is 5.32 Å². The summed E-state index contributed by atoms with van der Waals surface area (Å²) in [5, 5.41) is 2.92. The van der Waals surface area contributed by atoms with Crippen molar-refractivity contribution in [3.63, 3.8) is 0 Å². The van der Waals surface area contributed by atoms with E-state index in [1.54, 1.807) is 11.0 Å². The molecule has 0 aromatic heterocycles. The molecule has 0 saturated heterocycles. The number of benzene rings is 3. The van der Waals surface area contributed by atoms with Crippen LogP contribution in [0.3, 0.4) is 0 Å². The lowest BCUT2D eigenvalue weighted by Crippen LogP contribution is -2.30. The average molecular weight is 384 g/mol. The Kier molecular flexibility index (Phi) is 5.17. The molecule has 3 aromatic carbocycles. The van der Waals surface area contributed by atoms with Gasteiger partial charge in [0.15, 0.2) is 0 Å². The Balaban J connectivity index is 1.59. The Morgan fingerprint density at radius 3 is 2.31 bits per heavy atom. The van der Waals surface area contributed by atoms with Crippen LogP contribution in [0.15, 0.2) is 72.8 Å². The predicted molar refractivity (Wildman–Crippen MR) is 116 cm³/mol. The third-order valence-corrected chi connectivity index (χ3v) is 5.14. The Hall–Kier alpha value is -3.40. The monoisotopic (exact) mass is 384 g/mol. The van der Waals surface area contributed by atoms with Crippen molar-refractivity contribution in [2.24, 2.45) is 5.92 Å². The van der Waals surface area contributed by atoms with Crippen LogP contribution in [0.2, 0.25) is 0 Å². The average Bonchev–Trinajstić information content (AvgIpc) is 3.09. The van der Waals surface area contributed by atoms with E-state index in [0.717, 1.165) is 22.4 Å². The van der Waals surface area contributed by atoms with Crippen LogP contribution in [0.5, 0.6) is 0 Å². The van der Waals surface area contributed by atoms with Gasteiger partial charge in [0.25, 0.3) is 11.8 Å². The zero-order chi connectivity index (χ0) is 20.4. The van der Waals surface area contributed by atoms with E-state index in [9.17, 15) is 9.59 Å². The molecule has 0 radical (unpaired) electrons. The zero-order valence-corrected chi connectivity index (χ0v) is 16.7. The van der Waals surface area contributed by atoms with Crippen LogP contribution < -0.4 is 10.2 Å². The van der Waals surface area contributed by atoms with E-state index in [4.69, 9.17) is 0 Å². The minimum absolute atomic E-state index is 0.122. The second kappa shape index (κ2) is 7.92. The Morgan fingerprint density at radius 1 is 0.931 bits per heavy atom. The van der Waals surface area contributed by atoms with Gasteiger partial charge >= 0.3 is 0 Å². The molecule has 4 heteroatoms. The van der Waals surface area contributed by atoms with E-state index in [1.807, 2.05) is 68.4 Å². The first-order valence-electron chi connectivity index (χ1n) is 9.92. The lowest BCUT2D eigenvalue weighted by Gasteiger charge is -2.16. The van der Waals surface area contributed by atoms with Gasteiger partial charge in [0, 0.05) is 12.2 Å². The fourth-order valence-electron chi connectivity index (χ4n) is 3.62. The van der Waals surface area contributed by atoms with Crippen molar-refractivity contribution in [1.29, 1.82) is 0 Å². The van der Waals surface area contributed by atoms with Crippen LogP contribution in [0.25, 0.3) is 11.1 Å². The molecule has 0 atom stereocenters. The van der Waals surface area contributed by atoms with Gasteiger partial charge in [0.1, 0.15) is 0 Å². The fraction of sp³-hybridized carbons (Fsp3) is 0.200. The first kappa shape index (κ1) is 18.9. The lowest BCUT2D eigenvalue weighted by atomic mass is 10.0. The van der Waals surface area contributed by atoms with Gasteiger partial charge in [-0.3, -0.25) is 9.59 Å². The molecule has 0 unspecified atom stereocenters. The summed E-state index contributed by atoms with van der Waals surface area (Å²) < 4.78 is 0. The zero-order valence-electron chi connectivity index (χ0n) is 16.7. The lowest BCUT2D eigenvalue weighted by molar-refractivity contribution is 0.0933. The maximum absolute atomic E-state index is 13.2. The van der Waals surface area contributed by atoms with E-state index in [2.05, 4.69) is 17.4 Å². The Morgan fingerprint density at radius 2 is 1.62 bits per heavy atom. The van der Waals surface area contributed by atoms with Gasteiger partial charge in [-0.25, -0.2) is 0 Å². The van der Waals surface area contributed by atoms with E-state index < -0.39 is 0 Å². The molecular formula is C25H24N2O2. The topological polar surface area (TPSA) is 49.4 Å². The van der Waals surface area contributed by atoms with Crippen molar-refractivity contribution < 1.29 is 9.59 Å². The van der Waals surface area contributed by atoms with Crippen LogP contribution >= 0.6 is 0 Å². The van der Waals surface area contributed by atoms with E-state index >= 15 is 0 Å². The molecule has 0 aliphatic carbocycles. The summed E-state index contributed by atoms with van der Waals surface area (Å²) in [6.07, 6.45) is 0. The number of carbonyl (C=O) groups excluding carboxylic acids is 2. The number of hydrogen-bond donors (Lipinski definition) is 1. The number of carbonyl (C=O) groups is 2. The third-order valence-electron chi connectivity index (χ3n) is 5.14. The summed E-state index contributed by atoms with van der Waals surface area (Å²) >= 11 is 0. The number of anilines is 1. The van der Waals surface area contributed by atoms with Crippen LogP contribution in [0.1, 0.15) is 40.1 Å². The molecule has 0 bridgehead atoms. The highest BCUT2D eigenvalue weighted by molar-refractivity contribution is 6.16. The van der Waals surface area contributed by atoms with Crippen LogP contribution in [-0.4, -0.2) is 18.4 Å². The molecule has 0 spiro atoms. The molecule has 4 nitrogen and oxygen atoms in total. The fourth-order valence-corrected chi connectivity index (χ4v) is 3.62. The van der Waals surface area contributed by atoms with Crippen molar-refractivity contribution in [2.75, 3.05) is 11.4 Å². The highest BCUT2D eigenvalue weighted by atomic mass is 16.2. The maximum Gasteiger partial charge on any atom is 0.259 e. The quantitative estimate of drug-likeness (QED) is 0.680. The van der Waals surface area contributed by atoms with Gasteiger partial charge < -0.3 is 10.2 Å². The summed E-state index contributed by atoms with van der Waals surface area (Å²) in [6.45, 7) is 5.15. The molecule has 0 saturated carbocycles. The van der Waals surface area contributed by atoms with Crippen molar-refractivity contribution in [3.05, 3.63) is 89.5 Å². The van der Waals surface area contributed by atoms with Gasteiger partial charge in [-0.05, 0) is 40.8 Å². The Bertz CT molecular complexity index is 1040. The molecular weight excluding hydrogens is 360 g/mol. The molecule has 1 aliphatic heterocycles. The molecule has 4 rings (SSSR count). The normalized spacial score (nSPS) is 12.9. The van der Waals surface area contributed by atoms with Crippen molar-refractivity contribution in [3.8, 4) is 11.1 Å². The Labute approximate surface area is 171 Å². The summed E-state index contributed by atoms with van der Waals surface area (Å²) in [6, 6.07) is 23.6. The van der Waals surface area contributed by atoms with Crippen LogP contribution in [0.4, 0.5) is 5.69 Å². The largest absolute Gasteiger partial charge is 0.352 e. The molecule has 29 heavy (non-hydrogen) atoms. The molecule has 3 aromatic rings.